The number of azo groups is 2. The summed E-state index contributed by atoms with van der Waals surface area (Å²) < 4.78 is 12.8. The fourth-order valence-corrected chi connectivity index (χ4v) is 5.86. The second-order valence-corrected chi connectivity index (χ2v) is 13.5. The molecule has 2 aromatic heterocycles. The van der Waals surface area contributed by atoms with Gasteiger partial charge in [-0.15, -0.1) is 0 Å². The molecule has 4 aromatic carbocycles. The van der Waals surface area contributed by atoms with Crippen molar-refractivity contribution in [1.82, 2.24) is 19.5 Å². The Morgan fingerprint density at radius 3 is 1.70 bits per heavy atom. The van der Waals surface area contributed by atoms with Gasteiger partial charge in [-0.05, 0) is 97.1 Å². The summed E-state index contributed by atoms with van der Waals surface area (Å²) in [6, 6.07) is 28.2. The summed E-state index contributed by atoms with van der Waals surface area (Å²) in [4.78, 5) is 42.8. The summed E-state index contributed by atoms with van der Waals surface area (Å²) in [5.74, 6) is -0.983. The van der Waals surface area contributed by atoms with Crippen molar-refractivity contribution in [2.75, 3.05) is 49.9 Å². The van der Waals surface area contributed by atoms with E-state index in [4.69, 9.17) is 9.47 Å². The highest BCUT2D eigenvalue weighted by molar-refractivity contribution is 6.06. The van der Waals surface area contributed by atoms with Crippen molar-refractivity contribution in [2.45, 2.75) is 24.5 Å². The normalized spacial score (nSPS) is 18.0. The zero-order valence-corrected chi connectivity index (χ0v) is 31.4. The van der Waals surface area contributed by atoms with Crippen LogP contribution in [0.3, 0.4) is 0 Å². The number of aromatic nitrogens is 4. The van der Waals surface area contributed by atoms with Crippen molar-refractivity contribution in [3.05, 3.63) is 121 Å². The molecule has 3 heterocycles. The number of benzene rings is 4. The van der Waals surface area contributed by atoms with Crippen LogP contribution >= 0.6 is 0 Å². The molecule has 0 aliphatic carbocycles. The third kappa shape index (κ3) is 8.80. The number of anilines is 3. The maximum atomic E-state index is 13.2. The maximum absolute atomic E-state index is 13.2. The molecular formula is C40H39N11O6. The van der Waals surface area contributed by atoms with Crippen molar-refractivity contribution < 1.29 is 29.3 Å². The largest absolute Gasteiger partial charge is 0.459 e. The van der Waals surface area contributed by atoms with Gasteiger partial charge < -0.3 is 34.8 Å². The molecule has 290 valence electrons. The predicted octanol–water partition coefficient (Wildman–Crippen LogP) is 6.52. The zero-order chi connectivity index (χ0) is 40.1. The van der Waals surface area contributed by atoms with E-state index in [0.29, 0.717) is 28.3 Å². The summed E-state index contributed by atoms with van der Waals surface area (Å²) >= 11 is 0. The van der Waals surface area contributed by atoms with Crippen LogP contribution in [0.1, 0.15) is 26.9 Å². The number of fused-ring (bicyclic) bond motifs is 1. The smallest absolute Gasteiger partial charge is 0.338 e. The number of ether oxygens (including phenoxy) is 2. The monoisotopic (exact) mass is 769 g/mol. The van der Waals surface area contributed by atoms with Crippen LogP contribution in [-0.2, 0) is 9.47 Å². The second kappa shape index (κ2) is 16.8. The minimum absolute atomic E-state index is 0.123. The average molecular weight is 770 g/mol. The Kier molecular flexibility index (Phi) is 11.3. The molecule has 4 atom stereocenters. The van der Waals surface area contributed by atoms with Gasteiger partial charge in [-0.3, -0.25) is 9.36 Å². The Labute approximate surface area is 327 Å². The van der Waals surface area contributed by atoms with Gasteiger partial charge in [0.15, 0.2) is 23.2 Å². The lowest BCUT2D eigenvalue weighted by atomic mass is 10.1. The molecule has 0 bridgehead atoms. The standard InChI is InChI=1S/C40H39N11O6/c1-49(2)30-17-13-28(14-18-30)47-45-26-9-5-24(6-10-26)38(54)44-36-33-37(42-22-41-36)51(23-43-33)39-35(53)34(52)32(57-39)21-56-40(55)25-7-11-27(12-8-25)46-48-29-15-19-31(20-16-29)50(3)4/h5-20,22-23,32,34-35,39,52-53H,21H2,1-4H3,(H,41,42,44,54)/t32-,34-,35-,39-/m1/s1. The quantitative estimate of drug-likeness (QED) is 0.0903. The number of carbonyl (C=O) groups is 2. The Hall–Kier alpha value is -6.95. The highest BCUT2D eigenvalue weighted by atomic mass is 16.6. The third-order valence-corrected chi connectivity index (χ3v) is 9.11. The van der Waals surface area contributed by atoms with Crippen LogP contribution < -0.4 is 15.1 Å². The van der Waals surface area contributed by atoms with Gasteiger partial charge in [-0.2, -0.15) is 20.5 Å². The molecule has 1 aliphatic heterocycles. The van der Waals surface area contributed by atoms with Gasteiger partial charge in [0.1, 0.15) is 31.2 Å². The fraction of sp³-hybridized carbons (Fsp3) is 0.225. The van der Waals surface area contributed by atoms with Crippen LogP contribution in [0.5, 0.6) is 0 Å². The lowest BCUT2D eigenvalue weighted by Gasteiger charge is -2.16. The van der Waals surface area contributed by atoms with Gasteiger partial charge in [0, 0.05) is 45.1 Å². The number of esters is 1. The molecule has 17 nitrogen and oxygen atoms in total. The minimum atomic E-state index is -1.42. The number of aliphatic hydroxyl groups is 2. The number of imidazole rings is 1. The van der Waals surface area contributed by atoms with Gasteiger partial charge in [-0.1, -0.05) is 0 Å². The minimum Gasteiger partial charge on any atom is -0.459 e. The van der Waals surface area contributed by atoms with E-state index in [2.05, 4.69) is 40.7 Å². The Morgan fingerprint density at radius 1 is 0.702 bits per heavy atom. The topological polar surface area (TPSA) is 205 Å². The van der Waals surface area contributed by atoms with Crippen molar-refractivity contribution in [3.63, 3.8) is 0 Å². The Bertz CT molecular complexity index is 2400. The molecule has 6 aromatic rings. The number of nitrogens with one attached hydrogen (secondary N) is 1. The van der Waals surface area contributed by atoms with Gasteiger partial charge in [0.05, 0.1) is 34.6 Å². The number of carbonyl (C=O) groups excluding carboxylic acids is 2. The van der Waals surface area contributed by atoms with Gasteiger partial charge >= 0.3 is 5.97 Å². The van der Waals surface area contributed by atoms with Crippen molar-refractivity contribution in [1.29, 1.82) is 0 Å². The molecule has 0 spiro atoms. The molecule has 0 radical (unpaired) electrons. The van der Waals surface area contributed by atoms with E-state index in [1.165, 1.54) is 17.2 Å². The number of hydrogen-bond acceptors (Lipinski definition) is 15. The number of hydrogen-bond donors (Lipinski definition) is 3. The van der Waals surface area contributed by atoms with E-state index in [1.54, 1.807) is 48.5 Å². The lowest BCUT2D eigenvalue weighted by molar-refractivity contribution is -0.0565. The third-order valence-electron chi connectivity index (χ3n) is 9.11. The van der Waals surface area contributed by atoms with Crippen molar-refractivity contribution in [3.8, 4) is 0 Å². The fourth-order valence-electron chi connectivity index (χ4n) is 5.86. The molecule has 3 N–H and O–H groups in total. The van der Waals surface area contributed by atoms with E-state index in [1.807, 2.05) is 86.5 Å². The first kappa shape index (κ1) is 38.3. The van der Waals surface area contributed by atoms with E-state index < -0.39 is 36.4 Å². The Balaban J connectivity index is 0.945. The lowest BCUT2D eigenvalue weighted by Crippen LogP contribution is -2.34. The number of nitrogens with zero attached hydrogens (tertiary/aromatic N) is 10. The molecule has 17 heteroatoms. The van der Waals surface area contributed by atoms with Crippen molar-refractivity contribution in [2.24, 2.45) is 20.5 Å². The van der Waals surface area contributed by atoms with Crippen LogP contribution in [0.2, 0.25) is 0 Å². The molecule has 7 rings (SSSR count). The second-order valence-electron chi connectivity index (χ2n) is 13.5. The molecule has 0 saturated carbocycles. The van der Waals surface area contributed by atoms with E-state index in [9.17, 15) is 19.8 Å². The van der Waals surface area contributed by atoms with Gasteiger partial charge in [0.2, 0.25) is 0 Å². The molecular weight excluding hydrogens is 731 g/mol. The van der Waals surface area contributed by atoms with Crippen LogP contribution in [-0.4, -0.2) is 94.7 Å². The van der Waals surface area contributed by atoms with Gasteiger partial charge in [-0.25, -0.2) is 19.7 Å². The highest BCUT2D eigenvalue weighted by Crippen LogP contribution is 2.33. The first-order valence-corrected chi connectivity index (χ1v) is 17.8. The molecule has 1 fully saturated rings. The van der Waals surface area contributed by atoms with E-state index >= 15 is 0 Å². The van der Waals surface area contributed by atoms with E-state index in [-0.39, 0.29) is 29.2 Å². The molecule has 0 unspecified atom stereocenters. The predicted molar refractivity (Wildman–Crippen MR) is 212 cm³/mol. The van der Waals surface area contributed by atoms with Gasteiger partial charge in [0.25, 0.3) is 5.91 Å². The molecule has 1 amide bonds. The zero-order valence-electron chi connectivity index (χ0n) is 31.4. The van der Waals surface area contributed by atoms with Crippen LogP contribution in [0.4, 0.5) is 39.9 Å². The Morgan fingerprint density at radius 2 is 1.19 bits per heavy atom. The van der Waals surface area contributed by atoms with Crippen LogP contribution in [0, 0.1) is 0 Å². The SMILES string of the molecule is CN(C)c1ccc(N=Nc2ccc(C(=O)Nc3ncnc4c3ncn4[C@@H]3O[C@H](COC(=O)c4ccc(N=Nc5ccc(N(C)C)cc5)cc4)[C@@H](O)[C@H]3O)cc2)cc1. The number of amides is 1. The summed E-state index contributed by atoms with van der Waals surface area (Å²) in [6.07, 6.45) is -2.43. The summed E-state index contributed by atoms with van der Waals surface area (Å²) in [5, 5.41) is 41.5. The summed E-state index contributed by atoms with van der Waals surface area (Å²) in [7, 11) is 7.83. The number of rotatable bonds is 12. The summed E-state index contributed by atoms with van der Waals surface area (Å²) in [5.41, 5.74) is 5.62. The first-order valence-electron chi connectivity index (χ1n) is 17.8. The van der Waals surface area contributed by atoms with Crippen molar-refractivity contribution >= 4 is 63.0 Å². The molecule has 1 aliphatic rings. The van der Waals surface area contributed by atoms with Crippen LogP contribution in [0.15, 0.2) is 130 Å². The average Bonchev–Trinajstić information content (AvgIpc) is 3.78. The number of aliphatic hydroxyl groups excluding tert-OH is 2. The first-order chi connectivity index (χ1) is 27.5. The van der Waals surface area contributed by atoms with Crippen LogP contribution in [0.25, 0.3) is 11.2 Å². The molecule has 1 saturated heterocycles. The van der Waals surface area contributed by atoms with E-state index in [0.717, 1.165) is 11.4 Å². The maximum Gasteiger partial charge on any atom is 0.338 e. The molecule has 57 heavy (non-hydrogen) atoms. The summed E-state index contributed by atoms with van der Waals surface area (Å²) in [6.45, 7) is -0.342. The highest BCUT2D eigenvalue weighted by Gasteiger charge is 2.45.